The van der Waals surface area contributed by atoms with Crippen molar-refractivity contribution in [3.05, 3.63) is 63.9 Å². The highest BCUT2D eigenvalue weighted by atomic mass is 32.1. The predicted octanol–water partition coefficient (Wildman–Crippen LogP) is 4.86. The highest BCUT2D eigenvalue weighted by Gasteiger charge is 2.37. The number of aromatic nitrogens is 3. The fourth-order valence-electron chi connectivity index (χ4n) is 2.46. The summed E-state index contributed by atoms with van der Waals surface area (Å²) in [5.41, 5.74) is -2.57. The maximum Gasteiger partial charge on any atom is 0.434 e. The zero-order valence-corrected chi connectivity index (χ0v) is 14.8. The molecule has 2 heterocycles. The molecule has 0 saturated heterocycles. The molecule has 1 atom stereocenters. The van der Waals surface area contributed by atoms with Gasteiger partial charge in [0.2, 0.25) is 0 Å². The van der Waals surface area contributed by atoms with Crippen LogP contribution in [0, 0.1) is 11.3 Å². The van der Waals surface area contributed by atoms with Gasteiger partial charge in [-0.1, -0.05) is 12.1 Å². The molecular weight excluding hydrogens is 422 g/mol. The van der Waals surface area contributed by atoms with Crippen LogP contribution >= 0.6 is 11.3 Å². The Hall–Kier alpha value is -3.20. The maximum atomic E-state index is 13.1. The van der Waals surface area contributed by atoms with E-state index in [-0.39, 0.29) is 16.3 Å². The first kappa shape index (κ1) is 20.5. The number of halogens is 6. The Morgan fingerprint density at radius 1 is 1.14 bits per heavy atom. The molecule has 12 heteroatoms. The molecule has 5 nitrogen and oxygen atoms in total. The first-order valence-corrected chi connectivity index (χ1v) is 8.58. The lowest BCUT2D eigenvalue weighted by Crippen LogP contribution is -2.15. The molecule has 3 aromatic rings. The Kier molecular flexibility index (Phi) is 5.18. The monoisotopic (exact) mass is 430 g/mol. The van der Waals surface area contributed by atoms with Gasteiger partial charge in [-0.25, -0.2) is 9.67 Å². The van der Waals surface area contributed by atoms with Gasteiger partial charge in [-0.2, -0.15) is 36.7 Å². The summed E-state index contributed by atoms with van der Waals surface area (Å²) in [6, 6.07) is 7.22. The minimum atomic E-state index is -4.73. The smallest absolute Gasteiger partial charge is 0.292 e. The number of carbonyl (C=O) groups is 1. The fraction of sp³-hybridized carbons (Fsp3) is 0.176. The van der Waals surface area contributed by atoms with E-state index in [1.54, 1.807) is 6.07 Å². The molecular formula is C17H8F6N4OS. The Labute approximate surface area is 162 Å². The molecule has 0 N–H and O–H groups in total. The first-order valence-electron chi connectivity index (χ1n) is 7.70. The van der Waals surface area contributed by atoms with E-state index in [9.17, 15) is 36.4 Å². The summed E-state index contributed by atoms with van der Waals surface area (Å²) in [6.07, 6.45) is -8.49. The van der Waals surface area contributed by atoms with Gasteiger partial charge in [-0.05, 0) is 18.2 Å². The van der Waals surface area contributed by atoms with Gasteiger partial charge < -0.3 is 0 Å². The lowest BCUT2D eigenvalue weighted by Gasteiger charge is -2.12. The van der Waals surface area contributed by atoms with Crippen molar-refractivity contribution >= 4 is 17.1 Å². The van der Waals surface area contributed by atoms with Gasteiger partial charge in [0, 0.05) is 10.9 Å². The number of nitriles is 1. The number of ketones is 1. The predicted molar refractivity (Wildman–Crippen MR) is 88.4 cm³/mol. The normalized spacial score (nSPS) is 13.1. The lowest BCUT2D eigenvalue weighted by atomic mass is 9.99. The number of alkyl halides is 6. The van der Waals surface area contributed by atoms with E-state index >= 15 is 0 Å². The van der Waals surface area contributed by atoms with Crippen molar-refractivity contribution < 1.29 is 31.1 Å². The van der Waals surface area contributed by atoms with Crippen LogP contribution in [0.2, 0.25) is 0 Å². The van der Waals surface area contributed by atoms with Gasteiger partial charge in [-0.3, -0.25) is 4.79 Å². The summed E-state index contributed by atoms with van der Waals surface area (Å²) in [5, 5.41) is 13.2. The summed E-state index contributed by atoms with van der Waals surface area (Å²) >= 11 is 0.499. The molecule has 0 aliphatic rings. The Morgan fingerprint density at radius 2 is 1.86 bits per heavy atom. The van der Waals surface area contributed by atoms with E-state index in [2.05, 4.69) is 10.1 Å². The SMILES string of the molecule is N#CC(C(=O)c1cccc(-n2nccc2C(F)(F)F)c1)c1nc(C(F)(F)F)cs1. The van der Waals surface area contributed by atoms with E-state index < -0.39 is 35.4 Å². The van der Waals surface area contributed by atoms with Crippen molar-refractivity contribution in [2.24, 2.45) is 0 Å². The first-order chi connectivity index (χ1) is 13.5. The molecule has 0 spiro atoms. The van der Waals surface area contributed by atoms with Crippen LogP contribution in [-0.4, -0.2) is 20.5 Å². The van der Waals surface area contributed by atoms with E-state index in [1.807, 2.05) is 0 Å². The highest BCUT2D eigenvalue weighted by Crippen LogP contribution is 2.34. The minimum Gasteiger partial charge on any atom is -0.292 e. The van der Waals surface area contributed by atoms with Crippen LogP contribution in [0.15, 0.2) is 41.9 Å². The van der Waals surface area contributed by atoms with Crippen molar-refractivity contribution in [2.75, 3.05) is 0 Å². The second-order valence-corrected chi connectivity index (χ2v) is 6.56. The molecule has 0 amide bonds. The second-order valence-electron chi connectivity index (χ2n) is 5.67. The summed E-state index contributed by atoms with van der Waals surface area (Å²) in [7, 11) is 0. The van der Waals surface area contributed by atoms with Gasteiger partial charge in [0.05, 0.1) is 18.0 Å². The quantitative estimate of drug-likeness (QED) is 0.438. The van der Waals surface area contributed by atoms with Gasteiger partial charge in [0.15, 0.2) is 17.4 Å². The van der Waals surface area contributed by atoms with Crippen LogP contribution in [0.3, 0.4) is 0 Å². The molecule has 29 heavy (non-hydrogen) atoms. The number of nitrogens with zero attached hydrogens (tertiary/aromatic N) is 4. The van der Waals surface area contributed by atoms with Crippen molar-refractivity contribution in [3.8, 4) is 11.8 Å². The molecule has 0 saturated carbocycles. The van der Waals surface area contributed by atoms with E-state index in [4.69, 9.17) is 0 Å². The van der Waals surface area contributed by atoms with Crippen LogP contribution in [0.1, 0.15) is 32.7 Å². The van der Waals surface area contributed by atoms with Gasteiger partial charge in [0.1, 0.15) is 10.7 Å². The average molecular weight is 430 g/mol. The van der Waals surface area contributed by atoms with Crippen LogP contribution in [0.4, 0.5) is 26.3 Å². The third kappa shape index (κ3) is 4.14. The highest BCUT2D eigenvalue weighted by molar-refractivity contribution is 7.10. The largest absolute Gasteiger partial charge is 0.434 e. The summed E-state index contributed by atoms with van der Waals surface area (Å²) < 4.78 is 77.9. The van der Waals surface area contributed by atoms with Gasteiger partial charge in [-0.15, -0.1) is 11.3 Å². The van der Waals surface area contributed by atoms with E-state index in [1.165, 1.54) is 18.2 Å². The van der Waals surface area contributed by atoms with Gasteiger partial charge >= 0.3 is 12.4 Å². The third-order valence-corrected chi connectivity index (χ3v) is 4.67. The molecule has 3 rings (SSSR count). The Bertz CT molecular complexity index is 1090. The molecule has 0 aliphatic carbocycles. The molecule has 0 bridgehead atoms. The molecule has 2 aromatic heterocycles. The summed E-state index contributed by atoms with van der Waals surface area (Å²) in [4.78, 5) is 16.0. The van der Waals surface area contributed by atoms with Crippen molar-refractivity contribution in [1.82, 2.24) is 14.8 Å². The number of benzene rings is 1. The minimum absolute atomic E-state index is 0.0972. The van der Waals surface area contributed by atoms with Crippen LogP contribution in [0.5, 0.6) is 0 Å². The molecule has 150 valence electrons. The number of hydrogen-bond donors (Lipinski definition) is 0. The zero-order chi connectivity index (χ0) is 21.4. The number of Topliss-reactive ketones (excluding diaryl/α,β-unsaturated/α-hetero) is 1. The number of carbonyl (C=O) groups excluding carboxylic acids is 1. The van der Waals surface area contributed by atoms with Crippen LogP contribution in [-0.2, 0) is 12.4 Å². The fourth-order valence-corrected chi connectivity index (χ4v) is 3.32. The molecule has 0 aliphatic heterocycles. The number of thiazole rings is 1. The maximum absolute atomic E-state index is 13.1. The third-order valence-electron chi connectivity index (χ3n) is 3.76. The van der Waals surface area contributed by atoms with Gasteiger partial charge in [0.25, 0.3) is 0 Å². The van der Waals surface area contributed by atoms with Crippen LogP contribution in [0.25, 0.3) is 5.69 Å². The van der Waals surface area contributed by atoms with Crippen molar-refractivity contribution in [2.45, 2.75) is 18.3 Å². The Balaban J connectivity index is 1.96. The standard InChI is InChI=1S/C17H8F6N4OS/c18-16(19,20)12-8-29-15(26-12)11(7-24)14(28)9-2-1-3-10(6-9)27-13(4-5-25-27)17(21,22)23/h1-6,8,11H. The van der Waals surface area contributed by atoms with Crippen molar-refractivity contribution in [3.63, 3.8) is 0 Å². The van der Waals surface area contributed by atoms with E-state index in [0.29, 0.717) is 21.4 Å². The number of rotatable bonds is 4. The summed E-state index contributed by atoms with van der Waals surface area (Å²) in [5.74, 6) is -2.52. The second kappa shape index (κ2) is 7.32. The Morgan fingerprint density at radius 3 is 2.45 bits per heavy atom. The molecule has 1 aromatic carbocycles. The molecule has 0 radical (unpaired) electrons. The number of hydrogen-bond acceptors (Lipinski definition) is 5. The van der Waals surface area contributed by atoms with E-state index in [0.717, 1.165) is 18.3 Å². The van der Waals surface area contributed by atoms with Crippen LogP contribution < -0.4 is 0 Å². The molecule has 1 unspecified atom stereocenters. The lowest BCUT2D eigenvalue weighted by molar-refractivity contribution is -0.143. The average Bonchev–Trinajstić information content (AvgIpc) is 3.31. The molecule has 0 fully saturated rings. The topological polar surface area (TPSA) is 71.6 Å². The summed E-state index contributed by atoms with van der Waals surface area (Å²) in [6.45, 7) is 0. The zero-order valence-electron chi connectivity index (χ0n) is 14.0. The van der Waals surface area contributed by atoms with Crippen molar-refractivity contribution in [1.29, 1.82) is 5.26 Å².